The standard InChI is InChI=1S/C33H54O2/c1-22(2)25(18-21-35-31(34)23(3)4)12-11-24(5)28-15-16-29-27-14-13-26-10-8-9-19-32(26,6)30(27)17-20-33(28,29)7/h8,10,22,24-30H,3,9,11-21H2,1-2,4-7H3/t24-,25+,26?,27+,28-,29+,30+,32+,33-/m1/s1. The average Bonchev–Trinajstić information content (AvgIpc) is 3.17. The van der Waals surface area contributed by atoms with E-state index in [9.17, 15) is 4.79 Å². The molecule has 198 valence electrons. The van der Waals surface area contributed by atoms with Gasteiger partial charge in [-0.15, -0.1) is 0 Å². The molecule has 0 spiro atoms. The lowest BCUT2D eigenvalue weighted by atomic mass is 9.45. The first-order valence-corrected chi connectivity index (χ1v) is 15.1. The van der Waals surface area contributed by atoms with Crippen LogP contribution >= 0.6 is 0 Å². The van der Waals surface area contributed by atoms with Crippen molar-refractivity contribution in [3.8, 4) is 0 Å². The summed E-state index contributed by atoms with van der Waals surface area (Å²) in [6, 6.07) is 0. The Hall–Kier alpha value is -1.05. The minimum absolute atomic E-state index is 0.242. The number of rotatable bonds is 9. The Labute approximate surface area is 216 Å². The van der Waals surface area contributed by atoms with Crippen LogP contribution in [-0.2, 0) is 9.53 Å². The van der Waals surface area contributed by atoms with Crippen molar-refractivity contribution in [2.45, 2.75) is 112 Å². The van der Waals surface area contributed by atoms with Crippen LogP contribution in [0.1, 0.15) is 112 Å². The molecule has 4 aliphatic carbocycles. The second-order valence-electron chi connectivity index (χ2n) is 14.0. The molecule has 0 radical (unpaired) electrons. The highest BCUT2D eigenvalue weighted by molar-refractivity contribution is 5.86. The summed E-state index contributed by atoms with van der Waals surface area (Å²) < 4.78 is 5.43. The van der Waals surface area contributed by atoms with Crippen molar-refractivity contribution in [1.82, 2.24) is 0 Å². The molecular formula is C33H54O2. The molecule has 3 fully saturated rings. The fourth-order valence-electron chi connectivity index (χ4n) is 9.72. The van der Waals surface area contributed by atoms with Gasteiger partial charge in [0.2, 0.25) is 0 Å². The number of allylic oxidation sites excluding steroid dienone is 2. The number of carbonyl (C=O) groups is 1. The normalized spacial score (nSPS) is 39.9. The van der Waals surface area contributed by atoms with E-state index in [0.717, 1.165) is 41.9 Å². The minimum Gasteiger partial charge on any atom is -0.462 e. The van der Waals surface area contributed by atoms with E-state index < -0.39 is 0 Å². The monoisotopic (exact) mass is 482 g/mol. The van der Waals surface area contributed by atoms with Crippen molar-refractivity contribution >= 4 is 5.97 Å². The molecule has 3 saturated carbocycles. The van der Waals surface area contributed by atoms with Gasteiger partial charge in [0.15, 0.2) is 0 Å². The van der Waals surface area contributed by atoms with E-state index in [-0.39, 0.29) is 5.97 Å². The van der Waals surface area contributed by atoms with E-state index >= 15 is 0 Å². The molecule has 0 N–H and O–H groups in total. The number of esters is 1. The third-order valence-corrected chi connectivity index (χ3v) is 11.9. The fraction of sp³-hybridized carbons (Fsp3) is 0.848. The molecule has 1 unspecified atom stereocenters. The van der Waals surface area contributed by atoms with E-state index in [0.29, 0.717) is 34.8 Å². The predicted molar refractivity (Wildman–Crippen MR) is 147 cm³/mol. The molecule has 0 bridgehead atoms. The number of hydrogen-bond donors (Lipinski definition) is 0. The molecule has 0 aliphatic heterocycles. The summed E-state index contributed by atoms with van der Waals surface area (Å²) in [5.74, 6) is 6.45. The number of carbonyl (C=O) groups excluding carboxylic acids is 1. The van der Waals surface area contributed by atoms with Gasteiger partial charge >= 0.3 is 5.97 Å². The highest BCUT2D eigenvalue weighted by Gasteiger charge is 2.59. The molecule has 4 rings (SSSR count). The molecule has 0 aromatic rings. The summed E-state index contributed by atoms with van der Waals surface area (Å²) in [6.07, 6.45) is 20.2. The van der Waals surface area contributed by atoms with Gasteiger partial charge < -0.3 is 4.74 Å². The topological polar surface area (TPSA) is 26.3 Å². The van der Waals surface area contributed by atoms with Gasteiger partial charge in [-0.3, -0.25) is 0 Å². The first-order valence-electron chi connectivity index (χ1n) is 15.1. The molecule has 0 aromatic carbocycles. The third kappa shape index (κ3) is 5.19. The van der Waals surface area contributed by atoms with Crippen LogP contribution in [0.15, 0.2) is 24.3 Å². The summed E-state index contributed by atoms with van der Waals surface area (Å²) in [6.45, 7) is 18.6. The molecule has 2 heteroatoms. The smallest absolute Gasteiger partial charge is 0.333 e. The van der Waals surface area contributed by atoms with Crippen molar-refractivity contribution in [2.24, 2.45) is 58.2 Å². The van der Waals surface area contributed by atoms with Gasteiger partial charge in [-0.1, -0.05) is 59.8 Å². The lowest BCUT2D eigenvalue weighted by Crippen LogP contribution is -2.52. The Morgan fingerprint density at radius 2 is 1.71 bits per heavy atom. The Morgan fingerprint density at radius 3 is 2.43 bits per heavy atom. The molecular weight excluding hydrogens is 428 g/mol. The van der Waals surface area contributed by atoms with Crippen molar-refractivity contribution in [3.63, 3.8) is 0 Å². The summed E-state index contributed by atoms with van der Waals surface area (Å²) in [4.78, 5) is 11.8. The van der Waals surface area contributed by atoms with Gasteiger partial charge in [0, 0.05) is 5.57 Å². The number of fused-ring (bicyclic) bond motifs is 5. The van der Waals surface area contributed by atoms with E-state index in [1.54, 1.807) is 6.92 Å². The lowest BCUT2D eigenvalue weighted by molar-refractivity contribution is -0.139. The van der Waals surface area contributed by atoms with Crippen molar-refractivity contribution in [2.75, 3.05) is 6.61 Å². The highest BCUT2D eigenvalue weighted by Crippen LogP contribution is 2.67. The minimum atomic E-state index is -0.242. The van der Waals surface area contributed by atoms with Crippen molar-refractivity contribution in [3.05, 3.63) is 24.3 Å². The molecule has 9 atom stereocenters. The van der Waals surface area contributed by atoms with E-state index in [2.05, 4.69) is 53.3 Å². The summed E-state index contributed by atoms with van der Waals surface area (Å²) >= 11 is 0. The molecule has 35 heavy (non-hydrogen) atoms. The predicted octanol–water partition coefficient (Wildman–Crippen LogP) is 9.01. The first-order chi connectivity index (χ1) is 16.6. The Bertz CT molecular complexity index is 795. The van der Waals surface area contributed by atoms with Crippen LogP contribution in [0.4, 0.5) is 0 Å². The lowest BCUT2D eigenvalue weighted by Gasteiger charge is -2.60. The quantitative estimate of drug-likeness (QED) is 0.186. The Balaban J connectivity index is 1.35. The third-order valence-electron chi connectivity index (χ3n) is 11.9. The van der Waals surface area contributed by atoms with Gasteiger partial charge in [-0.05, 0) is 129 Å². The van der Waals surface area contributed by atoms with Crippen LogP contribution in [0.5, 0.6) is 0 Å². The molecule has 0 heterocycles. The van der Waals surface area contributed by atoms with E-state index in [1.165, 1.54) is 64.2 Å². The summed E-state index contributed by atoms with van der Waals surface area (Å²) in [5, 5.41) is 0. The highest BCUT2D eigenvalue weighted by atomic mass is 16.5. The zero-order valence-electron chi connectivity index (χ0n) is 23.8. The Kier molecular flexibility index (Phi) is 8.29. The van der Waals surface area contributed by atoms with Gasteiger partial charge in [0.1, 0.15) is 0 Å². The fourth-order valence-corrected chi connectivity index (χ4v) is 9.72. The summed E-state index contributed by atoms with van der Waals surface area (Å²) in [7, 11) is 0. The van der Waals surface area contributed by atoms with Gasteiger partial charge in [0.05, 0.1) is 6.61 Å². The van der Waals surface area contributed by atoms with E-state index in [1.807, 2.05) is 0 Å². The maximum absolute atomic E-state index is 11.8. The van der Waals surface area contributed by atoms with Crippen molar-refractivity contribution in [1.29, 1.82) is 0 Å². The summed E-state index contributed by atoms with van der Waals surface area (Å²) in [5.41, 5.74) is 1.63. The SMILES string of the molecule is C=C(C)C(=O)OCC[C@H](CC[C@@H](C)[C@H]1CC[C@H]2[C@@H]3CCC4C=CCC[C@]4(C)[C@H]3CC[C@]12C)C(C)C. The number of hydrogen-bond acceptors (Lipinski definition) is 2. The van der Waals surface area contributed by atoms with Gasteiger partial charge in [-0.25, -0.2) is 4.79 Å². The largest absolute Gasteiger partial charge is 0.462 e. The van der Waals surface area contributed by atoms with Crippen LogP contribution in [0.3, 0.4) is 0 Å². The zero-order valence-corrected chi connectivity index (χ0v) is 23.8. The first kappa shape index (κ1) is 27.0. The molecule has 4 aliphatic rings. The maximum atomic E-state index is 11.8. The van der Waals surface area contributed by atoms with Crippen LogP contribution in [0.25, 0.3) is 0 Å². The maximum Gasteiger partial charge on any atom is 0.333 e. The van der Waals surface area contributed by atoms with Gasteiger partial charge in [0.25, 0.3) is 0 Å². The average molecular weight is 483 g/mol. The second kappa shape index (κ2) is 10.7. The van der Waals surface area contributed by atoms with Crippen LogP contribution in [-0.4, -0.2) is 12.6 Å². The van der Waals surface area contributed by atoms with Crippen LogP contribution in [0.2, 0.25) is 0 Å². The molecule has 2 nitrogen and oxygen atoms in total. The van der Waals surface area contributed by atoms with Crippen LogP contribution < -0.4 is 0 Å². The second-order valence-corrected chi connectivity index (χ2v) is 14.0. The number of ether oxygens (including phenoxy) is 1. The van der Waals surface area contributed by atoms with Crippen LogP contribution in [0, 0.1) is 58.2 Å². The van der Waals surface area contributed by atoms with E-state index in [4.69, 9.17) is 4.74 Å². The molecule has 0 amide bonds. The molecule has 0 saturated heterocycles. The Morgan fingerprint density at radius 1 is 0.971 bits per heavy atom. The molecule has 0 aromatic heterocycles. The van der Waals surface area contributed by atoms with Gasteiger partial charge in [-0.2, -0.15) is 0 Å². The zero-order chi connectivity index (χ0) is 25.4. The van der Waals surface area contributed by atoms with Crippen molar-refractivity contribution < 1.29 is 9.53 Å².